The van der Waals surface area contributed by atoms with Gasteiger partial charge in [-0.05, 0) is 96.3 Å². The molecule has 0 aromatic carbocycles. The number of unbranched alkanes of at least 4 members (excludes halogenated alkanes) is 33. The molecule has 0 spiro atoms. The number of rotatable bonds is 52. The predicted octanol–water partition coefficient (Wildman–Crippen LogP) is 19.2. The topological polar surface area (TPSA) is 78.9 Å². The third kappa shape index (κ3) is 53.9. The molecule has 388 valence electrons. The lowest BCUT2D eigenvalue weighted by Gasteiger charge is -2.18. The van der Waals surface area contributed by atoms with Gasteiger partial charge in [-0.3, -0.25) is 14.4 Å². The molecule has 0 saturated carbocycles. The molecule has 0 amide bonds. The molecule has 0 aliphatic heterocycles. The van der Waals surface area contributed by atoms with Crippen LogP contribution in [0.3, 0.4) is 0 Å². The van der Waals surface area contributed by atoms with Gasteiger partial charge in [-0.15, -0.1) is 0 Å². The van der Waals surface area contributed by atoms with E-state index in [1.54, 1.807) is 0 Å². The van der Waals surface area contributed by atoms with Crippen molar-refractivity contribution in [1.29, 1.82) is 0 Å². The Morgan fingerprint density at radius 2 is 0.552 bits per heavy atom. The summed E-state index contributed by atoms with van der Waals surface area (Å²) < 4.78 is 16.8. The largest absolute Gasteiger partial charge is 0.462 e. The van der Waals surface area contributed by atoms with Gasteiger partial charge in [-0.2, -0.15) is 0 Å². The molecule has 6 heteroatoms. The Balaban J connectivity index is 4.39. The summed E-state index contributed by atoms with van der Waals surface area (Å²) in [6.07, 6.45) is 69.2. The van der Waals surface area contributed by atoms with Crippen LogP contribution in [0.2, 0.25) is 0 Å². The maximum atomic E-state index is 12.8. The molecule has 6 nitrogen and oxygen atoms in total. The standard InChI is InChI=1S/C61H108O6/c1-4-7-10-13-16-19-22-25-27-29-31-33-34-36-39-42-45-48-51-54-60(63)66-57-58(56-65-59(62)53-50-47-44-41-38-24-21-18-15-12-9-6-3)67-61(64)55-52-49-46-43-40-37-35-32-30-28-26-23-20-17-14-11-8-5-2/h18,21,23,26,28-32,35,58H,4-17,19-20,22,24-25,27,33-34,36-57H2,1-3H3/b21-18-,26-23-,30-28-,31-29-,35-32-. The Morgan fingerprint density at radius 3 is 0.896 bits per heavy atom. The monoisotopic (exact) mass is 937 g/mol. The van der Waals surface area contributed by atoms with Crippen LogP contribution in [0.4, 0.5) is 0 Å². The summed E-state index contributed by atoms with van der Waals surface area (Å²) in [6, 6.07) is 0. The van der Waals surface area contributed by atoms with Gasteiger partial charge in [0.2, 0.25) is 0 Å². The van der Waals surface area contributed by atoms with E-state index in [4.69, 9.17) is 14.2 Å². The van der Waals surface area contributed by atoms with Crippen LogP contribution in [0.25, 0.3) is 0 Å². The summed E-state index contributed by atoms with van der Waals surface area (Å²) in [5.74, 6) is -0.911. The first kappa shape index (κ1) is 64.1. The third-order valence-electron chi connectivity index (χ3n) is 12.5. The number of hydrogen-bond acceptors (Lipinski definition) is 6. The van der Waals surface area contributed by atoms with Gasteiger partial charge in [0.25, 0.3) is 0 Å². The highest BCUT2D eigenvalue weighted by molar-refractivity contribution is 5.71. The molecular formula is C61H108O6. The van der Waals surface area contributed by atoms with Gasteiger partial charge in [0.05, 0.1) is 0 Å². The lowest BCUT2D eigenvalue weighted by Crippen LogP contribution is -2.30. The van der Waals surface area contributed by atoms with Crippen molar-refractivity contribution < 1.29 is 28.6 Å². The molecule has 0 saturated heterocycles. The first-order valence-electron chi connectivity index (χ1n) is 28.8. The molecular weight excluding hydrogens is 829 g/mol. The summed E-state index contributed by atoms with van der Waals surface area (Å²) in [4.78, 5) is 38.1. The molecule has 0 aliphatic rings. The zero-order valence-corrected chi connectivity index (χ0v) is 44.4. The lowest BCUT2D eigenvalue weighted by atomic mass is 10.1. The first-order chi connectivity index (χ1) is 33.0. The van der Waals surface area contributed by atoms with Gasteiger partial charge in [-0.1, -0.05) is 236 Å². The molecule has 0 heterocycles. The highest BCUT2D eigenvalue weighted by Gasteiger charge is 2.19. The quantitative estimate of drug-likeness (QED) is 0.0199. The Hall–Kier alpha value is -2.89. The maximum absolute atomic E-state index is 12.8. The fourth-order valence-corrected chi connectivity index (χ4v) is 8.14. The van der Waals surface area contributed by atoms with E-state index in [-0.39, 0.29) is 31.1 Å². The van der Waals surface area contributed by atoms with Crippen molar-refractivity contribution in [2.45, 2.75) is 297 Å². The highest BCUT2D eigenvalue weighted by atomic mass is 16.6. The van der Waals surface area contributed by atoms with E-state index in [0.717, 1.165) is 89.9 Å². The average molecular weight is 938 g/mol. The Kier molecular flexibility index (Phi) is 53.3. The summed E-state index contributed by atoms with van der Waals surface area (Å²) in [5.41, 5.74) is 0. The van der Waals surface area contributed by atoms with Crippen LogP contribution in [0, 0.1) is 0 Å². The van der Waals surface area contributed by atoms with Gasteiger partial charge in [0.15, 0.2) is 6.10 Å². The Bertz CT molecular complexity index is 1210. The zero-order chi connectivity index (χ0) is 48.6. The fraction of sp³-hybridized carbons (Fsp3) is 0.787. The molecule has 1 unspecified atom stereocenters. The summed E-state index contributed by atoms with van der Waals surface area (Å²) in [7, 11) is 0. The van der Waals surface area contributed by atoms with Crippen molar-refractivity contribution in [2.75, 3.05) is 13.2 Å². The van der Waals surface area contributed by atoms with E-state index in [2.05, 4.69) is 81.5 Å². The first-order valence-corrected chi connectivity index (χ1v) is 28.8. The lowest BCUT2D eigenvalue weighted by molar-refractivity contribution is -0.167. The Labute approximate surface area is 415 Å². The van der Waals surface area contributed by atoms with Crippen LogP contribution < -0.4 is 0 Å². The molecule has 0 fully saturated rings. The second-order valence-electron chi connectivity index (χ2n) is 19.3. The molecule has 0 aliphatic carbocycles. The van der Waals surface area contributed by atoms with Crippen molar-refractivity contribution in [2.24, 2.45) is 0 Å². The molecule has 0 aromatic rings. The second-order valence-corrected chi connectivity index (χ2v) is 19.3. The minimum atomic E-state index is -0.790. The normalized spacial score (nSPS) is 12.5. The molecule has 1 atom stereocenters. The van der Waals surface area contributed by atoms with E-state index >= 15 is 0 Å². The van der Waals surface area contributed by atoms with E-state index in [0.29, 0.717) is 19.3 Å². The van der Waals surface area contributed by atoms with Crippen molar-refractivity contribution in [3.8, 4) is 0 Å². The minimum absolute atomic E-state index is 0.0867. The van der Waals surface area contributed by atoms with Gasteiger partial charge in [-0.25, -0.2) is 0 Å². The summed E-state index contributed by atoms with van der Waals surface area (Å²) in [6.45, 7) is 6.59. The molecule has 0 bridgehead atoms. The minimum Gasteiger partial charge on any atom is -0.462 e. The number of ether oxygens (including phenoxy) is 3. The van der Waals surface area contributed by atoms with Crippen LogP contribution in [-0.2, 0) is 28.6 Å². The van der Waals surface area contributed by atoms with Crippen molar-refractivity contribution in [3.05, 3.63) is 60.8 Å². The van der Waals surface area contributed by atoms with E-state index < -0.39 is 6.10 Å². The van der Waals surface area contributed by atoms with Crippen LogP contribution in [0.5, 0.6) is 0 Å². The molecule has 0 radical (unpaired) electrons. The van der Waals surface area contributed by atoms with Crippen LogP contribution >= 0.6 is 0 Å². The van der Waals surface area contributed by atoms with E-state index in [1.807, 2.05) is 0 Å². The Morgan fingerprint density at radius 1 is 0.299 bits per heavy atom. The molecule has 0 N–H and O–H groups in total. The van der Waals surface area contributed by atoms with Crippen molar-refractivity contribution in [3.63, 3.8) is 0 Å². The molecule has 0 aromatic heterocycles. The van der Waals surface area contributed by atoms with Gasteiger partial charge < -0.3 is 14.2 Å². The van der Waals surface area contributed by atoms with Gasteiger partial charge in [0.1, 0.15) is 13.2 Å². The van der Waals surface area contributed by atoms with Crippen LogP contribution in [-0.4, -0.2) is 37.2 Å². The average Bonchev–Trinajstić information content (AvgIpc) is 3.33. The second kappa shape index (κ2) is 55.7. The third-order valence-corrected chi connectivity index (χ3v) is 12.5. The van der Waals surface area contributed by atoms with Crippen LogP contribution in [0.15, 0.2) is 60.8 Å². The maximum Gasteiger partial charge on any atom is 0.306 e. The number of hydrogen-bond donors (Lipinski definition) is 0. The van der Waals surface area contributed by atoms with Gasteiger partial charge in [0, 0.05) is 19.3 Å². The van der Waals surface area contributed by atoms with Crippen molar-refractivity contribution in [1.82, 2.24) is 0 Å². The number of carbonyl (C=O) groups excluding carboxylic acids is 3. The smallest absolute Gasteiger partial charge is 0.306 e. The summed E-state index contributed by atoms with van der Waals surface area (Å²) >= 11 is 0. The zero-order valence-electron chi connectivity index (χ0n) is 44.4. The molecule has 67 heavy (non-hydrogen) atoms. The van der Waals surface area contributed by atoms with E-state index in [1.165, 1.54) is 161 Å². The number of carbonyl (C=O) groups is 3. The molecule has 0 rings (SSSR count). The fourth-order valence-electron chi connectivity index (χ4n) is 8.14. The number of allylic oxidation sites excluding steroid dienone is 10. The summed E-state index contributed by atoms with van der Waals surface area (Å²) in [5, 5.41) is 0. The predicted molar refractivity (Wildman–Crippen MR) is 288 cm³/mol. The van der Waals surface area contributed by atoms with Gasteiger partial charge >= 0.3 is 17.9 Å². The highest BCUT2D eigenvalue weighted by Crippen LogP contribution is 2.15. The SMILES string of the molecule is CCCCC/C=C\CCCCCCCC(=O)OCC(COC(=O)CCCCCCCCC/C=C\CCCCCCCCCC)OC(=O)CCCCCCC\C=C/C=C\C=C/CCCCCCC. The number of esters is 3. The van der Waals surface area contributed by atoms with E-state index in [9.17, 15) is 14.4 Å². The van der Waals surface area contributed by atoms with Crippen molar-refractivity contribution >= 4 is 17.9 Å². The van der Waals surface area contributed by atoms with Crippen LogP contribution in [0.1, 0.15) is 290 Å².